The number of benzene rings is 6. The zero-order chi connectivity index (χ0) is 34.7. The van der Waals surface area contributed by atoms with Crippen LogP contribution in [0.4, 0.5) is 0 Å². The molecule has 0 bridgehead atoms. The van der Waals surface area contributed by atoms with Crippen LogP contribution in [-0.2, 0) is 6.42 Å². The van der Waals surface area contributed by atoms with E-state index in [0.29, 0.717) is 5.82 Å². The fraction of sp³-hybridized carbons (Fsp3) is 0.0816. The summed E-state index contributed by atoms with van der Waals surface area (Å²) in [6.45, 7) is 0. The molecule has 52 heavy (non-hydrogen) atoms. The number of nitrogens with zero attached hydrogens (tertiary/aromatic N) is 3. The van der Waals surface area contributed by atoms with Crippen LogP contribution in [0.15, 0.2) is 176 Å². The molecule has 2 aliphatic carbocycles. The highest BCUT2D eigenvalue weighted by molar-refractivity contribution is 5.96. The number of aryl methyl sites for hydroxylation is 1. The molecule has 0 spiro atoms. The van der Waals surface area contributed by atoms with Crippen LogP contribution in [-0.4, -0.2) is 15.0 Å². The van der Waals surface area contributed by atoms with E-state index in [1.54, 1.807) is 0 Å². The molecule has 0 fully saturated rings. The van der Waals surface area contributed by atoms with Gasteiger partial charge in [-0.05, 0) is 81.3 Å². The quantitative estimate of drug-likeness (QED) is 0.170. The Morgan fingerprint density at radius 3 is 1.48 bits per heavy atom. The monoisotopic (exact) mass is 667 g/mol. The number of fused-ring (bicyclic) bond motifs is 1. The van der Waals surface area contributed by atoms with E-state index in [1.807, 2.05) is 0 Å². The van der Waals surface area contributed by atoms with Gasteiger partial charge >= 0.3 is 0 Å². The first-order valence-corrected chi connectivity index (χ1v) is 18.2. The van der Waals surface area contributed by atoms with E-state index in [4.69, 9.17) is 15.0 Å². The topological polar surface area (TPSA) is 38.7 Å². The Morgan fingerprint density at radius 1 is 0.346 bits per heavy atom. The molecular formula is C49H37N3. The van der Waals surface area contributed by atoms with Gasteiger partial charge in [0.15, 0.2) is 17.5 Å². The van der Waals surface area contributed by atoms with Crippen LogP contribution >= 0.6 is 0 Å². The van der Waals surface area contributed by atoms with Crippen LogP contribution in [0.2, 0.25) is 0 Å². The lowest BCUT2D eigenvalue weighted by Gasteiger charge is -2.18. The van der Waals surface area contributed by atoms with Gasteiger partial charge in [-0.15, -0.1) is 0 Å². The van der Waals surface area contributed by atoms with Crippen molar-refractivity contribution in [3.63, 3.8) is 0 Å². The lowest BCUT2D eigenvalue weighted by molar-refractivity contribution is 0.949. The van der Waals surface area contributed by atoms with Gasteiger partial charge in [-0.2, -0.15) is 0 Å². The van der Waals surface area contributed by atoms with Crippen molar-refractivity contribution in [3.05, 3.63) is 199 Å². The maximum absolute atomic E-state index is 5.13. The summed E-state index contributed by atoms with van der Waals surface area (Å²) in [6, 6.07) is 54.1. The van der Waals surface area contributed by atoms with Crippen molar-refractivity contribution < 1.29 is 0 Å². The van der Waals surface area contributed by atoms with Gasteiger partial charge in [0.2, 0.25) is 0 Å². The SMILES string of the molecule is C1=CC(c2nc(C3=CCCc4ccccc43)nc(-c3ccc(-c4ccccc4-c4ccccc4-c4ccccc4-c4ccccc4)cc3)n2)=CCC1. The summed E-state index contributed by atoms with van der Waals surface area (Å²) < 4.78 is 0. The first kappa shape index (κ1) is 31.5. The number of rotatable bonds is 7. The molecule has 248 valence electrons. The first-order chi connectivity index (χ1) is 25.8. The summed E-state index contributed by atoms with van der Waals surface area (Å²) in [5, 5.41) is 0. The summed E-state index contributed by atoms with van der Waals surface area (Å²) in [7, 11) is 0. The zero-order valence-corrected chi connectivity index (χ0v) is 28.9. The molecule has 1 heterocycles. The second kappa shape index (κ2) is 14.0. The van der Waals surface area contributed by atoms with Crippen LogP contribution in [0, 0.1) is 0 Å². The van der Waals surface area contributed by atoms with E-state index in [1.165, 1.54) is 50.1 Å². The van der Waals surface area contributed by atoms with Gasteiger partial charge in [-0.1, -0.05) is 176 Å². The van der Waals surface area contributed by atoms with E-state index in [0.717, 1.165) is 59.6 Å². The zero-order valence-electron chi connectivity index (χ0n) is 28.9. The molecule has 2 aliphatic rings. The summed E-state index contributed by atoms with van der Waals surface area (Å²) in [5.74, 6) is 2.14. The van der Waals surface area contributed by atoms with Crippen LogP contribution in [0.5, 0.6) is 0 Å². The number of aromatic nitrogens is 3. The number of hydrogen-bond acceptors (Lipinski definition) is 3. The Hall–Kier alpha value is -6.45. The van der Waals surface area contributed by atoms with Crippen molar-refractivity contribution in [2.45, 2.75) is 25.7 Å². The normalized spacial score (nSPS) is 13.6. The molecule has 0 saturated heterocycles. The Labute approximate surface area is 305 Å². The molecule has 0 N–H and O–H groups in total. The standard InChI is InChI=1S/C49H37N3/c1-3-16-34(17-4-1)39-22-9-11-25-42(39)44-27-13-14-28-45(44)43-26-12-10-23-40(43)36-30-32-38(33-31-36)48-50-47(37-19-5-2-6-20-37)51-49(52-48)46-29-15-21-35-18-7-8-24-41(35)46/h1,3-5,7-14,16-20,22-33H,2,6,15,21H2. The lowest BCUT2D eigenvalue weighted by Crippen LogP contribution is -2.08. The molecule has 0 aliphatic heterocycles. The van der Waals surface area contributed by atoms with Crippen molar-refractivity contribution >= 4 is 11.1 Å². The average Bonchev–Trinajstić information content (AvgIpc) is 3.24. The summed E-state index contributed by atoms with van der Waals surface area (Å²) >= 11 is 0. The molecule has 3 heteroatoms. The molecule has 7 aromatic rings. The van der Waals surface area contributed by atoms with Gasteiger partial charge in [0.1, 0.15) is 0 Å². The first-order valence-electron chi connectivity index (χ1n) is 18.2. The summed E-state index contributed by atoms with van der Waals surface area (Å²) in [5.41, 5.74) is 15.2. The van der Waals surface area contributed by atoms with Gasteiger partial charge in [-0.25, -0.2) is 15.0 Å². The summed E-state index contributed by atoms with van der Waals surface area (Å²) in [6.07, 6.45) is 12.9. The van der Waals surface area contributed by atoms with E-state index >= 15 is 0 Å². The highest BCUT2D eigenvalue weighted by Gasteiger charge is 2.20. The van der Waals surface area contributed by atoms with Gasteiger partial charge in [0, 0.05) is 16.7 Å². The highest BCUT2D eigenvalue weighted by atomic mass is 15.0. The molecule has 0 unspecified atom stereocenters. The Morgan fingerprint density at radius 2 is 0.846 bits per heavy atom. The van der Waals surface area contributed by atoms with E-state index in [9.17, 15) is 0 Å². The average molecular weight is 668 g/mol. The van der Waals surface area contributed by atoms with Gasteiger partial charge < -0.3 is 0 Å². The molecule has 6 aromatic carbocycles. The molecule has 0 atom stereocenters. The van der Waals surface area contributed by atoms with Crippen molar-refractivity contribution in [1.82, 2.24) is 15.0 Å². The van der Waals surface area contributed by atoms with Crippen molar-refractivity contribution in [1.29, 1.82) is 0 Å². The largest absolute Gasteiger partial charge is 0.208 e. The van der Waals surface area contributed by atoms with Crippen molar-refractivity contribution in [3.8, 4) is 55.9 Å². The third-order valence-corrected chi connectivity index (χ3v) is 10.1. The molecule has 0 saturated carbocycles. The van der Waals surface area contributed by atoms with Crippen LogP contribution in [0.1, 0.15) is 42.0 Å². The maximum atomic E-state index is 5.13. The fourth-order valence-corrected chi connectivity index (χ4v) is 7.54. The molecular weight excluding hydrogens is 631 g/mol. The number of allylic oxidation sites excluding steroid dienone is 5. The van der Waals surface area contributed by atoms with Gasteiger partial charge in [0.25, 0.3) is 0 Å². The Balaban J connectivity index is 1.11. The number of hydrogen-bond donors (Lipinski definition) is 0. The molecule has 9 rings (SSSR count). The second-order valence-corrected chi connectivity index (χ2v) is 13.3. The lowest BCUT2D eigenvalue weighted by atomic mass is 9.86. The minimum atomic E-state index is 0.687. The van der Waals surface area contributed by atoms with Crippen LogP contribution in [0.25, 0.3) is 67.0 Å². The maximum Gasteiger partial charge on any atom is 0.164 e. The van der Waals surface area contributed by atoms with Crippen LogP contribution in [0.3, 0.4) is 0 Å². The Bertz CT molecular complexity index is 2500. The van der Waals surface area contributed by atoms with E-state index in [-0.39, 0.29) is 0 Å². The van der Waals surface area contributed by atoms with Gasteiger partial charge in [0.05, 0.1) is 0 Å². The van der Waals surface area contributed by atoms with Crippen LogP contribution < -0.4 is 0 Å². The smallest absolute Gasteiger partial charge is 0.164 e. The molecule has 0 radical (unpaired) electrons. The minimum absolute atomic E-state index is 0.687. The third kappa shape index (κ3) is 6.12. The fourth-order valence-electron chi connectivity index (χ4n) is 7.54. The third-order valence-electron chi connectivity index (χ3n) is 10.1. The molecule has 1 aromatic heterocycles. The predicted octanol–water partition coefficient (Wildman–Crippen LogP) is 12.3. The van der Waals surface area contributed by atoms with Crippen molar-refractivity contribution in [2.24, 2.45) is 0 Å². The Kier molecular flexibility index (Phi) is 8.52. The summed E-state index contributed by atoms with van der Waals surface area (Å²) in [4.78, 5) is 15.2. The predicted molar refractivity (Wildman–Crippen MR) is 215 cm³/mol. The molecule has 3 nitrogen and oxygen atoms in total. The minimum Gasteiger partial charge on any atom is -0.208 e. The second-order valence-electron chi connectivity index (χ2n) is 13.3. The highest BCUT2D eigenvalue weighted by Crippen LogP contribution is 2.41. The van der Waals surface area contributed by atoms with Crippen molar-refractivity contribution in [2.75, 3.05) is 0 Å². The van der Waals surface area contributed by atoms with E-state index in [2.05, 4.69) is 176 Å². The van der Waals surface area contributed by atoms with Gasteiger partial charge in [-0.3, -0.25) is 0 Å². The molecule has 0 amide bonds. The van der Waals surface area contributed by atoms with E-state index < -0.39 is 0 Å².